The minimum Gasteiger partial charge on any atom is -0.390 e. The van der Waals surface area contributed by atoms with E-state index in [2.05, 4.69) is 5.32 Å². The van der Waals surface area contributed by atoms with E-state index in [4.69, 9.17) is 4.74 Å². The number of hydrogen-bond donors (Lipinski definition) is 2. The maximum atomic E-state index is 11.7. The van der Waals surface area contributed by atoms with Crippen molar-refractivity contribution >= 4 is 5.91 Å². The number of aliphatic hydroxyl groups excluding tert-OH is 1. The summed E-state index contributed by atoms with van der Waals surface area (Å²) in [7, 11) is 1.73. The van der Waals surface area contributed by atoms with Crippen molar-refractivity contribution in [3.63, 3.8) is 0 Å². The summed E-state index contributed by atoms with van der Waals surface area (Å²) in [5, 5.41) is 12.6. The third kappa shape index (κ3) is 3.44. The fraction of sp³-hybridized carbons (Fsp3) is 0.900. The molecule has 0 unspecified atom stereocenters. The second-order valence-electron chi connectivity index (χ2n) is 3.74. The zero-order chi connectivity index (χ0) is 11.3. The maximum absolute atomic E-state index is 11.7. The van der Waals surface area contributed by atoms with E-state index in [1.165, 1.54) is 0 Å². The number of nitrogens with zero attached hydrogens (tertiary/aromatic N) is 1. The molecular formula is C10H20N2O3. The molecular weight excluding hydrogens is 196 g/mol. The van der Waals surface area contributed by atoms with Crippen LogP contribution in [0.2, 0.25) is 0 Å². The topological polar surface area (TPSA) is 61.8 Å². The molecule has 1 saturated heterocycles. The molecule has 2 atom stereocenters. The number of amides is 1. The zero-order valence-corrected chi connectivity index (χ0v) is 9.40. The van der Waals surface area contributed by atoms with Gasteiger partial charge in [-0.1, -0.05) is 0 Å². The Labute approximate surface area is 90.4 Å². The van der Waals surface area contributed by atoms with E-state index in [1.807, 2.05) is 6.92 Å². The van der Waals surface area contributed by atoms with Crippen LogP contribution < -0.4 is 5.32 Å². The molecule has 1 amide bonds. The Balaban J connectivity index is 2.31. The van der Waals surface area contributed by atoms with Gasteiger partial charge < -0.3 is 20.1 Å². The molecule has 5 nitrogen and oxygen atoms in total. The second-order valence-corrected chi connectivity index (χ2v) is 3.74. The van der Waals surface area contributed by atoms with Crippen LogP contribution in [0.25, 0.3) is 0 Å². The SMILES string of the molecule is CCOCCC(=O)N(C)[C@@H]1CNC[C@H]1O. The fourth-order valence-corrected chi connectivity index (χ4v) is 1.71. The first-order chi connectivity index (χ1) is 7.16. The Morgan fingerprint density at radius 2 is 2.33 bits per heavy atom. The molecule has 15 heavy (non-hydrogen) atoms. The number of hydrogen-bond acceptors (Lipinski definition) is 4. The van der Waals surface area contributed by atoms with Crippen molar-refractivity contribution in [2.75, 3.05) is 33.4 Å². The van der Waals surface area contributed by atoms with E-state index in [1.54, 1.807) is 11.9 Å². The molecule has 0 saturated carbocycles. The van der Waals surface area contributed by atoms with Gasteiger partial charge in [0.15, 0.2) is 0 Å². The normalized spacial score (nSPS) is 25.5. The highest BCUT2D eigenvalue weighted by Gasteiger charge is 2.30. The van der Waals surface area contributed by atoms with Gasteiger partial charge in [-0.25, -0.2) is 0 Å². The predicted octanol–water partition coefficient (Wildman–Crippen LogP) is -0.796. The molecule has 5 heteroatoms. The summed E-state index contributed by atoms with van der Waals surface area (Å²) in [4.78, 5) is 13.3. The fourth-order valence-electron chi connectivity index (χ4n) is 1.71. The Hall–Kier alpha value is -0.650. The van der Waals surface area contributed by atoms with Crippen LogP contribution in [0, 0.1) is 0 Å². The van der Waals surface area contributed by atoms with E-state index in [0.717, 1.165) is 0 Å². The number of carbonyl (C=O) groups excluding carboxylic acids is 1. The minimum atomic E-state index is -0.453. The number of ether oxygens (including phenoxy) is 1. The van der Waals surface area contributed by atoms with Gasteiger partial charge in [0.2, 0.25) is 5.91 Å². The van der Waals surface area contributed by atoms with Crippen LogP contribution in [0.3, 0.4) is 0 Å². The quantitative estimate of drug-likeness (QED) is 0.591. The Morgan fingerprint density at radius 3 is 2.87 bits per heavy atom. The predicted molar refractivity (Wildman–Crippen MR) is 56.5 cm³/mol. The van der Waals surface area contributed by atoms with E-state index >= 15 is 0 Å². The van der Waals surface area contributed by atoms with Crippen molar-refractivity contribution in [1.29, 1.82) is 0 Å². The third-order valence-electron chi connectivity index (χ3n) is 2.71. The van der Waals surface area contributed by atoms with Crippen LogP contribution in [-0.2, 0) is 9.53 Å². The van der Waals surface area contributed by atoms with Crippen molar-refractivity contribution in [3.05, 3.63) is 0 Å². The first-order valence-electron chi connectivity index (χ1n) is 5.39. The van der Waals surface area contributed by atoms with Crippen molar-refractivity contribution in [3.8, 4) is 0 Å². The summed E-state index contributed by atoms with van der Waals surface area (Å²) in [6.07, 6.45) is -0.0702. The van der Waals surface area contributed by atoms with Gasteiger partial charge in [-0.05, 0) is 6.92 Å². The van der Waals surface area contributed by atoms with Crippen LogP contribution in [0.15, 0.2) is 0 Å². The lowest BCUT2D eigenvalue weighted by Gasteiger charge is -2.26. The van der Waals surface area contributed by atoms with Crippen LogP contribution in [-0.4, -0.2) is 61.4 Å². The molecule has 1 aliphatic rings. The molecule has 88 valence electrons. The van der Waals surface area contributed by atoms with E-state index in [0.29, 0.717) is 32.7 Å². The van der Waals surface area contributed by atoms with Gasteiger partial charge in [-0.3, -0.25) is 4.79 Å². The van der Waals surface area contributed by atoms with Crippen LogP contribution >= 0.6 is 0 Å². The van der Waals surface area contributed by atoms with Gasteiger partial charge in [-0.15, -0.1) is 0 Å². The Bertz CT molecular complexity index is 211. The lowest BCUT2D eigenvalue weighted by molar-refractivity contribution is -0.134. The molecule has 0 aromatic rings. The van der Waals surface area contributed by atoms with Gasteiger partial charge >= 0.3 is 0 Å². The number of nitrogens with one attached hydrogen (secondary N) is 1. The zero-order valence-electron chi connectivity index (χ0n) is 9.40. The molecule has 2 N–H and O–H groups in total. The third-order valence-corrected chi connectivity index (χ3v) is 2.71. The second kappa shape index (κ2) is 6.05. The molecule has 1 fully saturated rings. The number of rotatable bonds is 5. The smallest absolute Gasteiger partial charge is 0.225 e. The molecule has 1 aliphatic heterocycles. The van der Waals surface area contributed by atoms with Gasteiger partial charge in [0.25, 0.3) is 0 Å². The monoisotopic (exact) mass is 216 g/mol. The number of likely N-dealkylation sites (N-methyl/N-ethyl adjacent to an activating group) is 1. The van der Waals surface area contributed by atoms with E-state index < -0.39 is 6.10 Å². The average molecular weight is 216 g/mol. The highest BCUT2D eigenvalue weighted by Crippen LogP contribution is 2.08. The molecule has 1 rings (SSSR count). The van der Waals surface area contributed by atoms with E-state index in [-0.39, 0.29) is 11.9 Å². The Morgan fingerprint density at radius 1 is 1.60 bits per heavy atom. The van der Waals surface area contributed by atoms with Crippen molar-refractivity contribution in [1.82, 2.24) is 10.2 Å². The van der Waals surface area contributed by atoms with Gasteiger partial charge in [-0.2, -0.15) is 0 Å². The van der Waals surface area contributed by atoms with Gasteiger partial charge in [0.1, 0.15) is 0 Å². The molecule has 1 heterocycles. The van der Waals surface area contributed by atoms with Crippen molar-refractivity contribution in [2.45, 2.75) is 25.5 Å². The molecule has 0 spiro atoms. The van der Waals surface area contributed by atoms with Crippen molar-refractivity contribution < 1.29 is 14.6 Å². The summed E-state index contributed by atoms with van der Waals surface area (Å²) < 4.78 is 5.12. The minimum absolute atomic E-state index is 0.0243. The molecule has 0 aromatic heterocycles. The highest BCUT2D eigenvalue weighted by atomic mass is 16.5. The standard InChI is InChI=1S/C10H20N2O3/c1-3-15-5-4-10(14)12(2)8-6-11-7-9(8)13/h8-9,11,13H,3-7H2,1-2H3/t8-,9-/m1/s1. The lowest BCUT2D eigenvalue weighted by atomic mass is 10.2. The summed E-state index contributed by atoms with van der Waals surface area (Å²) in [5.74, 6) is 0.0243. The van der Waals surface area contributed by atoms with Crippen LogP contribution in [0.1, 0.15) is 13.3 Å². The lowest BCUT2D eigenvalue weighted by Crippen LogP contribution is -2.44. The van der Waals surface area contributed by atoms with Gasteiger partial charge in [0, 0.05) is 26.7 Å². The molecule has 0 radical (unpaired) electrons. The van der Waals surface area contributed by atoms with Crippen molar-refractivity contribution in [2.24, 2.45) is 0 Å². The number of β-amino-alcohol motifs (C(OH)–C–C–N with tert-alkyl or cyclic N) is 1. The first kappa shape index (κ1) is 12.4. The van der Waals surface area contributed by atoms with Crippen LogP contribution in [0.4, 0.5) is 0 Å². The van der Waals surface area contributed by atoms with E-state index in [9.17, 15) is 9.90 Å². The highest BCUT2D eigenvalue weighted by molar-refractivity contribution is 5.76. The number of aliphatic hydroxyl groups is 1. The number of carbonyl (C=O) groups is 1. The average Bonchev–Trinajstić information content (AvgIpc) is 2.63. The summed E-state index contributed by atoms with van der Waals surface area (Å²) in [6, 6.07) is -0.0980. The summed E-state index contributed by atoms with van der Waals surface area (Å²) >= 11 is 0. The first-order valence-corrected chi connectivity index (χ1v) is 5.39. The van der Waals surface area contributed by atoms with Crippen LogP contribution in [0.5, 0.6) is 0 Å². The maximum Gasteiger partial charge on any atom is 0.225 e. The Kier molecular flexibility index (Phi) is 5.01. The largest absolute Gasteiger partial charge is 0.390 e. The summed E-state index contributed by atoms with van der Waals surface area (Å²) in [5.41, 5.74) is 0. The molecule has 0 bridgehead atoms. The van der Waals surface area contributed by atoms with Gasteiger partial charge in [0.05, 0.1) is 25.2 Å². The molecule has 0 aliphatic carbocycles. The summed E-state index contributed by atoms with van der Waals surface area (Å²) in [6.45, 7) is 4.21. The molecule has 0 aromatic carbocycles.